The van der Waals surface area contributed by atoms with Crippen molar-refractivity contribution in [1.82, 2.24) is 9.80 Å². The average Bonchev–Trinajstić information content (AvgIpc) is 3.50. The van der Waals surface area contributed by atoms with Crippen LogP contribution >= 0.6 is 0 Å². The van der Waals surface area contributed by atoms with Crippen LogP contribution in [0, 0.1) is 17.8 Å². The molecule has 0 bridgehead atoms. The molecule has 3 atom stereocenters. The molecular formula is C23H29F3N2O3. The van der Waals surface area contributed by atoms with E-state index in [2.05, 4.69) is 0 Å². The highest BCUT2D eigenvalue weighted by atomic mass is 19.4. The minimum atomic E-state index is -4.48. The Morgan fingerprint density at radius 2 is 1.87 bits per heavy atom. The number of rotatable bonds is 6. The molecule has 3 fully saturated rings. The van der Waals surface area contributed by atoms with Gasteiger partial charge in [0.25, 0.3) is 5.91 Å². The summed E-state index contributed by atoms with van der Waals surface area (Å²) in [5.41, 5.74) is -0.759. The first kappa shape index (κ1) is 22.1. The maximum Gasteiger partial charge on any atom is 0.416 e. The molecule has 1 aliphatic heterocycles. The van der Waals surface area contributed by atoms with Gasteiger partial charge in [0, 0.05) is 12.6 Å². The molecule has 0 aromatic heterocycles. The van der Waals surface area contributed by atoms with Crippen LogP contribution in [0.2, 0.25) is 0 Å². The summed E-state index contributed by atoms with van der Waals surface area (Å²) in [5.74, 6) is -2.84. The van der Waals surface area contributed by atoms with E-state index in [9.17, 15) is 27.6 Å². The van der Waals surface area contributed by atoms with Gasteiger partial charge in [-0.2, -0.15) is 13.2 Å². The van der Waals surface area contributed by atoms with Crippen molar-refractivity contribution in [3.8, 4) is 0 Å². The molecule has 0 aromatic rings. The van der Waals surface area contributed by atoms with E-state index < -0.39 is 35.3 Å². The van der Waals surface area contributed by atoms with Gasteiger partial charge in [-0.15, -0.1) is 0 Å². The Morgan fingerprint density at radius 3 is 2.42 bits per heavy atom. The highest BCUT2D eigenvalue weighted by Gasteiger charge is 2.44. The Bertz CT molecular complexity index is 811. The van der Waals surface area contributed by atoms with Crippen LogP contribution in [-0.2, 0) is 14.4 Å². The number of hydrogen-bond donors (Lipinski definition) is 0. The molecule has 0 radical (unpaired) electrons. The van der Waals surface area contributed by atoms with Gasteiger partial charge in [0.2, 0.25) is 11.7 Å². The van der Waals surface area contributed by atoms with Gasteiger partial charge in [-0.1, -0.05) is 38.0 Å². The maximum absolute atomic E-state index is 13.2. The van der Waals surface area contributed by atoms with E-state index in [1.807, 2.05) is 11.8 Å². The lowest BCUT2D eigenvalue weighted by atomic mass is 9.79. The second-order valence-electron chi connectivity index (χ2n) is 9.34. The Kier molecular flexibility index (Phi) is 6.01. The normalized spacial score (nSPS) is 29.6. The number of hydrogen-bond acceptors (Lipinski definition) is 3. The molecule has 3 aliphatic carbocycles. The first-order valence-corrected chi connectivity index (χ1v) is 11.3. The Balaban J connectivity index is 1.49. The number of amides is 2. The summed E-state index contributed by atoms with van der Waals surface area (Å²) in [6, 6.07) is -0.0184. The molecule has 1 saturated heterocycles. The number of piperazine rings is 1. The van der Waals surface area contributed by atoms with Crippen molar-refractivity contribution in [1.29, 1.82) is 0 Å². The molecule has 4 aliphatic rings. The number of halogens is 3. The van der Waals surface area contributed by atoms with Gasteiger partial charge in [0.05, 0.1) is 17.5 Å². The third-order valence-corrected chi connectivity index (χ3v) is 7.20. The number of Topliss-reactive ketones (excluding diaryl/α,β-unsaturated/α-hetero) is 1. The third-order valence-electron chi connectivity index (χ3n) is 7.20. The zero-order valence-corrected chi connectivity index (χ0v) is 17.7. The van der Waals surface area contributed by atoms with Gasteiger partial charge < -0.3 is 9.80 Å². The van der Waals surface area contributed by atoms with Crippen LogP contribution in [0.15, 0.2) is 23.8 Å². The second-order valence-corrected chi connectivity index (χ2v) is 9.34. The summed E-state index contributed by atoms with van der Waals surface area (Å²) in [6.07, 6.45) is 4.80. The van der Waals surface area contributed by atoms with Crippen molar-refractivity contribution in [2.45, 2.75) is 70.1 Å². The van der Waals surface area contributed by atoms with E-state index in [4.69, 9.17) is 0 Å². The number of carbonyl (C=O) groups is 3. The Morgan fingerprint density at radius 1 is 1.16 bits per heavy atom. The monoisotopic (exact) mass is 438 g/mol. The van der Waals surface area contributed by atoms with Gasteiger partial charge >= 0.3 is 6.18 Å². The predicted octanol–water partition coefficient (Wildman–Crippen LogP) is 3.65. The SMILES string of the molecule is CCC1CN(C2CCC2)C(=O)CN1C(=O)C(=O)C1C=CC(C(F)(F)F)=CC1CC1CC1. The molecule has 8 heteroatoms. The molecular weight excluding hydrogens is 409 g/mol. The van der Waals surface area contributed by atoms with Crippen molar-refractivity contribution in [2.75, 3.05) is 13.1 Å². The minimum absolute atomic E-state index is 0.132. The number of carbonyl (C=O) groups excluding carboxylic acids is 3. The molecule has 0 aromatic carbocycles. The van der Waals surface area contributed by atoms with Crippen LogP contribution in [0.3, 0.4) is 0 Å². The van der Waals surface area contributed by atoms with E-state index in [1.165, 1.54) is 11.0 Å². The molecule has 170 valence electrons. The molecule has 0 spiro atoms. The van der Waals surface area contributed by atoms with Crippen LogP contribution in [0.4, 0.5) is 13.2 Å². The van der Waals surface area contributed by atoms with Gasteiger partial charge in [-0.05, 0) is 43.9 Å². The van der Waals surface area contributed by atoms with E-state index in [-0.39, 0.29) is 24.5 Å². The van der Waals surface area contributed by atoms with Crippen LogP contribution in [0.5, 0.6) is 0 Å². The van der Waals surface area contributed by atoms with E-state index in [0.717, 1.165) is 44.3 Å². The smallest absolute Gasteiger partial charge is 0.336 e. The quantitative estimate of drug-likeness (QED) is 0.595. The fourth-order valence-corrected chi connectivity index (χ4v) is 4.88. The topological polar surface area (TPSA) is 57.7 Å². The lowest BCUT2D eigenvalue weighted by Gasteiger charge is -2.46. The van der Waals surface area contributed by atoms with Crippen LogP contribution in [0.25, 0.3) is 0 Å². The summed E-state index contributed by atoms with van der Waals surface area (Å²) in [4.78, 5) is 42.1. The summed E-state index contributed by atoms with van der Waals surface area (Å²) < 4.78 is 39.6. The summed E-state index contributed by atoms with van der Waals surface area (Å²) in [6.45, 7) is 2.20. The van der Waals surface area contributed by atoms with E-state index >= 15 is 0 Å². The number of ketones is 1. The molecule has 4 rings (SSSR count). The van der Waals surface area contributed by atoms with E-state index in [1.54, 1.807) is 0 Å². The number of nitrogens with zero attached hydrogens (tertiary/aromatic N) is 2. The van der Waals surface area contributed by atoms with Crippen molar-refractivity contribution in [3.05, 3.63) is 23.8 Å². The summed E-state index contributed by atoms with van der Waals surface area (Å²) in [5, 5.41) is 0. The van der Waals surface area contributed by atoms with Crippen molar-refractivity contribution >= 4 is 17.6 Å². The molecule has 5 nitrogen and oxygen atoms in total. The van der Waals surface area contributed by atoms with E-state index in [0.29, 0.717) is 25.3 Å². The van der Waals surface area contributed by atoms with Crippen LogP contribution in [0.1, 0.15) is 51.9 Å². The van der Waals surface area contributed by atoms with Crippen LogP contribution in [-0.4, -0.2) is 58.7 Å². The Labute approximate surface area is 180 Å². The highest BCUT2D eigenvalue weighted by Crippen LogP contribution is 2.42. The molecule has 1 heterocycles. The highest BCUT2D eigenvalue weighted by molar-refractivity contribution is 6.37. The summed E-state index contributed by atoms with van der Waals surface area (Å²) >= 11 is 0. The number of allylic oxidation sites excluding steroid dienone is 4. The van der Waals surface area contributed by atoms with Crippen molar-refractivity contribution in [2.24, 2.45) is 17.8 Å². The second kappa shape index (κ2) is 8.43. The lowest BCUT2D eigenvalue weighted by molar-refractivity contribution is -0.157. The van der Waals surface area contributed by atoms with Crippen molar-refractivity contribution in [3.63, 3.8) is 0 Å². The van der Waals surface area contributed by atoms with Crippen molar-refractivity contribution < 1.29 is 27.6 Å². The fraction of sp³-hybridized carbons (Fsp3) is 0.696. The van der Waals surface area contributed by atoms with Crippen LogP contribution < -0.4 is 0 Å². The molecule has 3 unspecified atom stereocenters. The minimum Gasteiger partial charge on any atom is -0.336 e. The largest absolute Gasteiger partial charge is 0.416 e. The van der Waals surface area contributed by atoms with Gasteiger partial charge in [0.1, 0.15) is 6.54 Å². The standard InChI is InChI=1S/C23H29F3N2O3/c1-2-17-12-27(18-4-3-5-18)20(29)13-28(17)22(31)21(30)19-9-8-16(23(24,25)26)11-15(19)10-14-6-7-14/h8-9,11,14-15,17-19H,2-7,10,12-13H2,1H3. The molecule has 0 N–H and O–H groups in total. The average molecular weight is 438 g/mol. The first-order chi connectivity index (χ1) is 14.7. The maximum atomic E-state index is 13.2. The first-order valence-electron chi connectivity index (χ1n) is 11.3. The van der Waals surface area contributed by atoms with Gasteiger partial charge in [-0.25, -0.2) is 0 Å². The Hall–Kier alpha value is -2.12. The molecule has 2 amide bonds. The zero-order valence-electron chi connectivity index (χ0n) is 17.7. The lowest BCUT2D eigenvalue weighted by Crippen LogP contribution is -2.62. The predicted molar refractivity (Wildman–Crippen MR) is 108 cm³/mol. The fourth-order valence-electron chi connectivity index (χ4n) is 4.88. The summed E-state index contributed by atoms with van der Waals surface area (Å²) in [7, 11) is 0. The molecule has 31 heavy (non-hydrogen) atoms. The molecule has 2 saturated carbocycles. The third kappa shape index (κ3) is 4.58. The van der Waals surface area contributed by atoms with Gasteiger partial charge in [0.15, 0.2) is 0 Å². The number of alkyl halides is 3. The van der Waals surface area contributed by atoms with Gasteiger partial charge in [-0.3, -0.25) is 14.4 Å². The zero-order chi connectivity index (χ0) is 22.3.